The number of rotatable bonds is 3. The van der Waals surface area contributed by atoms with Crippen molar-refractivity contribution >= 4 is 5.91 Å². The summed E-state index contributed by atoms with van der Waals surface area (Å²) in [5.41, 5.74) is 0. The van der Waals surface area contributed by atoms with E-state index in [1.54, 1.807) is 0 Å². The van der Waals surface area contributed by atoms with Crippen molar-refractivity contribution in [2.45, 2.75) is 57.2 Å². The molecule has 4 heteroatoms. The molecule has 2 atom stereocenters. The third kappa shape index (κ3) is 2.74. The van der Waals surface area contributed by atoms with Gasteiger partial charge in [-0.05, 0) is 26.2 Å². The molecule has 0 aromatic rings. The molecule has 0 spiro atoms. The van der Waals surface area contributed by atoms with Gasteiger partial charge in [0.2, 0.25) is 5.91 Å². The molecular formula is C12H22N2O2. The molecule has 1 saturated heterocycles. The molecule has 2 aliphatic rings. The fourth-order valence-electron chi connectivity index (χ4n) is 2.68. The summed E-state index contributed by atoms with van der Waals surface area (Å²) in [6.07, 6.45) is 5.27. The number of hydrogen-bond acceptors (Lipinski definition) is 3. The van der Waals surface area contributed by atoms with E-state index < -0.39 is 0 Å². The third-order valence-electron chi connectivity index (χ3n) is 3.82. The molecule has 92 valence electrons. The number of carbonyl (C=O) groups excluding carboxylic acids is 1. The average molecular weight is 226 g/mol. The van der Waals surface area contributed by atoms with Gasteiger partial charge in [-0.1, -0.05) is 12.8 Å². The predicted octanol–water partition coefficient (Wildman–Crippen LogP) is 0.500. The van der Waals surface area contributed by atoms with Crippen LogP contribution in [0.15, 0.2) is 0 Å². The molecule has 2 fully saturated rings. The van der Waals surface area contributed by atoms with Crippen LogP contribution in [0.1, 0.15) is 39.0 Å². The fraction of sp³-hybridized carbons (Fsp3) is 0.917. The van der Waals surface area contributed by atoms with Crippen LogP contribution in [0.25, 0.3) is 0 Å². The molecule has 0 bridgehead atoms. The lowest BCUT2D eigenvalue weighted by Gasteiger charge is -2.24. The second kappa shape index (κ2) is 5.15. The Labute approximate surface area is 97.0 Å². The first kappa shape index (κ1) is 11.9. The van der Waals surface area contributed by atoms with Gasteiger partial charge in [0.25, 0.3) is 0 Å². The monoisotopic (exact) mass is 226 g/mol. The highest BCUT2D eigenvalue weighted by Crippen LogP contribution is 2.18. The minimum absolute atomic E-state index is 0.0993. The molecule has 1 heterocycles. The van der Waals surface area contributed by atoms with Gasteiger partial charge in [-0.15, -0.1) is 0 Å². The van der Waals surface area contributed by atoms with Gasteiger partial charge in [0.05, 0.1) is 12.1 Å². The first-order chi connectivity index (χ1) is 7.66. The zero-order chi connectivity index (χ0) is 11.5. The molecule has 1 saturated carbocycles. The number of likely N-dealkylation sites (tertiary alicyclic amines) is 1. The first-order valence-corrected chi connectivity index (χ1v) is 6.39. The van der Waals surface area contributed by atoms with Gasteiger partial charge < -0.3 is 10.4 Å². The lowest BCUT2D eigenvalue weighted by Crippen LogP contribution is -2.47. The Morgan fingerprint density at radius 2 is 2.06 bits per heavy atom. The zero-order valence-corrected chi connectivity index (χ0v) is 9.98. The van der Waals surface area contributed by atoms with Crippen LogP contribution < -0.4 is 5.32 Å². The molecule has 0 aromatic heterocycles. The van der Waals surface area contributed by atoms with Crippen LogP contribution in [0.4, 0.5) is 0 Å². The molecule has 1 amide bonds. The molecule has 2 N–H and O–H groups in total. The normalized spacial score (nSPS) is 29.5. The predicted molar refractivity (Wildman–Crippen MR) is 62.1 cm³/mol. The number of aliphatic hydroxyl groups is 1. The summed E-state index contributed by atoms with van der Waals surface area (Å²) in [6, 6.07) is 0.292. The summed E-state index contributed by atoms with van der Waals surface area (Å²) in [4.78, 5) is 14.0. The van der Waals surface area contributed by atoms with Gasteiger partial charge >= 0.3 is 0 Å². The van der Waals surface area contributed by atoms with E-state index in [-0.39, 0.29) is 18.1 Å². The Morgan fingerprint density at radius 1 is 1.38 bits per heavy atom. The summed E-state index contributed by atoms with van der Waals surface area (Å²) in [5, 5.41) is 12.5. The van der Waals surface area contributed by atoms with Crippen LogP contribution in [-0.2, 0) is 4.79 Å². The van der Waals surface area contributed by atoms with Gasteiger partial charge in [0.15, 0.2) is 0 Å². The van der Waals surface area contributed by atoms with Crippen molar-refractivity contribution in [2.24, 2.45) is 0 Å². The number of β-amino-alcohol motifs (C(OH)–C–C–N with tert-alkyl or cyclic N) is 1. The molecule has 0 aromatic carbocycles. The van der Waals surface area contributed by atoms with Crippen LogP contribution in [0, 0.1) is 0 Å². The highest BCUT2D eigenvalue weighted by atomic mass is 16.3. The maximum Gasteiger partial charge on any atom is 0.237 e. The fourth-order valence-corrected chi connectivity index (χ4v) is 2.68. The zero-order valence-electron chi connectivity index (χ0n) is 9.98. The molecule has 1 unspecified atom stereocenters. The molecule has 1 aliphatic heterocycles. The van der Waals surface area contributed by atoms with Gasteiger partial charge in [-0.25, -0.2) is 0 Å². The van der Waals surface area contributed by atoms with E-state index in [9.17, 15) is 9.90 Å². The van der Waals surface area contributed by atoms with Crippen molar-refractivity contribution in [1.29, 1.82) is 0 Å². The molecule has 4 nitrogen and oxygen atoms in total. The number of hydrogen-bond donors (Lipinski definition) is 2. The lowest BCUT2D eigenvalue weighted by atomic mass is 10.2. The summed E-state index contributed by atoms with van der Waals surface area (Å²) >= 11 is 0. The maximum atomic E-state index is 12.0. The minimum atomic E-state index is -0.248. The van der Waals surface area contributed by atoms with E-state index in [2.05, 4.69) is 10.2 Å². The summed E-state index contributed by atoms with van der Waals surface area (Å²) < 4.78 is 0. The van der Waals surface area contributed by atoms with Crippen molar-refractivity contribution in [1.82, 2.24) is 10.2 Å². The molecule has 16 heavy (non-hydrogen) atoms. The Morgan fingerprint density at radius 3 is 2.62 bits per heavy atom. The van der Waals surface area contributed by atoms with Gasteiger partial charge in [-0.2, -0.15) is 0 Å². The SMILES string of the molecule is CC(C(=O)NC1CCCC1)N1CC[C@H](O)C1. The number of nitrogens with one attached hydrogen (secondary N) is 1. The van der Waals surface area contributed by atoms with Crippen LogP contribution in [0.5, 0.6) is 0 Å². The second-order valence-corrected chi connectivity index (χ2v) is 5.10. The summed E-state index contributed by atoms with van der Waals surface area (Å²) in [5.74, 6) is 0.126. The Hall–Kier alpha value is -0.610. The summed E-state index contributed by atoms with van der Waals surface area (Å²) in [7, 11) is 0. The van der Waals surface area contributed by atoms with Crippen molar-refractivity contribution < 1.29 is 9.90 Å². The van der Waals surface area contributed by atoms with E-state index in [0.29, 0.717) is 12.6 Å². The van der Waals surface area contributed by atoms with Gasteiger partial charge in [0.1, 0.15) is 0 Å². The van der Waals surface area contributed by atoms with E-state index in [4.69, 9.17) is 0 Å². The molecular weight excluding hydrogens is 204 g/mol. The molecule has 2 rings (SSSR count). The van der Waals surface area contributed by atoms with Crippen LogP contribution >= 0.6 is 0 Å². The number of amides is 1. The van der Waals surface area contributed by atoms with Gasteiger partial charge in [-0.3, -0.25) is 9.69 Å². The largest absolute Gasteiger partial charge is 0.392 e. The minimum Gasteiger partial charge on any atom is -0.392 e. The Balaban J connectivity index is 1.79. The van der Waals surface area contributed by atoms with E-state index in [1.807, 2.05) is 6.92 Å². The third-order valence-corrected chi connectivity index (χ3v) is 3.82. The quantitative estimate of drug-likeness (QED) is 0.737. The van der Waals surface area contributed by atoms with E-state index >= 15 is 0 Å². The average Bonchev–Trinajstić information content (AvgIpc) is 2.88. The number of aliphatic hydroxyl groups excluding tert-OH is 1. The van der Waals surface area contributed by atoms with Crippen molar-refractivity contribution in [2.75, 3.05) is 13.1 Å². The van der Waals surface area contributed by atoms with E-state index in [1.165, 1.54) is 12.8 Å². The number of carbonyl (C=O) groups is 1. The standard InChI is InChI=1S/C12H22N2O2/c1-9(14-7-6-11(15)8-14)12(16)13-10-4-2-3-5-10/h9-11,15H,2-8H2,1H3,(H,13,16)/t9?,11-/m0/s1. The first-order valence-electron chi connectivity index (χ1n) is 6.39. The van der Waals surface area contributed by atoms with Crippen molar-refractivity contribution in [3.8, 4) is 0 Å². The lowest BCUT2D eigenvalue weighted by molar-refractivity contribution is -0.126. The van der Waals surface area contributed by atoms with Gasteiger partial charge in [0, 0.05) is 19.1 Å². The highest BCUT2D eigenvalue weighted by Gasteiger charge is 2.29. The summed E-state index contributed by atoms with van der Waals surface area (Å²) in [6.45, 7) is 3.40. The Bertz CT molecular complexity index is 251. The van der Waals surface area contributed by atoms with Crippen LogP contribution in [0.2, 0.25) is 0 Å². The van der Waals surface area contributed by atoms with Crippen LogP contribution in [-0.4, -0.2) is 47.2 Å². The Kier molecular flexibility index (Phi) is 3.82. The molecule has 1 aliphatic carbocycles. The van der Waals surface area contributed by atoms with Crippen LogP contribution in [0.3, 0.4) is 0 Å². The van der Waals surface area contributed by atoms with Crippen molar-refractivity contribution in [3.63, 3.8) is 0 Å². The highest BCUT2D eigenvalue weighted by molar-refractivity contribution is 5.81. The maximum absolute atomic E-state index is 12.0. The smallest absolute Gasteiger partial charge is 0.237 e. The number of nitrogens with zero attached hydrogens (tertiary/aromatic N) is 1. The second-order valence-electron chi connectivity index (χ2n) is 5.10. The van der Waals surface area contributed by atoms with E-state index in [0.717, 1.165) is 25.8 Å². The molecule has 0 radical (unpaired) electrons. The van der Waals surface area contributed by atoms with Crippen molar-refractivity contribution in [3.05, 3.63) is 0 Å². The topological polar surface area (TPSA) is 52.6 Å².